The second-order valence-electron chi connectivity index (χ2n) is 7.83. The topological polar surface area (TPSA) is 50.6 Å². The van der Waals surface area contributed by atoms with Gasteiger partial charge in [-0.25, -0.2) is 0 Å². The van der Waals surface area contributed by atoms with Gasteiger partial charge in [-0.05, 0) is 11.6 Å². The SMILES string of the molecule is O=C(NCc1ccccc1C[NH+]1CCCC1)c1ccccc1C(=O)c1ccccc1. The number of carbonyl (C=O) groups excluding carboxylic acids is 2. The number of rotatable bonds is 7. The first-order valence-corrected chi connectivity index (χ1v) is 10.6. The van der Waals surface area contributed by atoms with Crippen molar-refractivity contribution >= 4 is 11.7 Å². The fraction of sp³-hybridized carbons (Fsp3) is 0.231. The van der Waals surface area contributed by atoms with Gasteiger partial charge in [-0.3, -0.25) is 9.59 Å². The van der Waals surface area contributed by atoms with E-state index in [1.54, 1.807) is 41.3 Å². The molecule has 4 nitrogen and oxygen atoms in total. The van der Waals surface area contributed by atoms with Crippen molar-refractivity contribution in [3.63, 3.8) is 0 Å². The Kier molecular flexibility index (Phi) is 6.35. The first-order valence-electron chi connectivity index (χ1n) is 10.6. The number of amides is 1. The highest BCUT2D eigenvalue weighted by Gasteiger charge is 2.19. The van der Waals surface area contributed by atoms with Crippen LogP contribution in [0.3, 0.4) is 0 Å². The molecule has 0 saturated carbocycles. The Morgan fingerprint density at radius 1 is 0.733 bits per heavy atom. The Labute approximate surface area is 177 Å². The largest absolute Gasteiger partial charge is 0.348 e. The third kappa shape index (κ3) is 4.66. The zero-order valence-corrected chi connectivity index (χ0v) is 17.1. The highest BCUT2D eigenvalue weighted by atomic mass is 16.2. The Morgan fingerprint density at radius 3 is 2.07 bits per heavy atom. The van der Waals surface area contributed by atoms with Crippen LogP contribution in [0.4, 0.5) is 0 Å². The molecule has 30 heavy (non-hydrogen) atoms. The molecule has 152 valence electrons. The minimum Gasteiger partial charge on any atom is -0.348 e. The van der Waals surface area contributed by atoms with E-state index in [0.717, 1.165) is 12.1 Å². The van der Waals surface area contributed by atoms with Crippen molar-refractivity contribution in [1.82, 2.24) is 5.32 Å². The van der Waals surface area contributed by atoms with Gasteiger partial charge in [0.25, 0.3) is 5.91 Å². The van der Waals surface area contributed by atoms with Gasteiger partial charge < -0.3 is 10.2 Å². The van der Waals surface area contributed by atoms with Gasteiger partial charge in [0.2, 0.25) is 0 Å². The van der Waals surface area contributed by atoms with Crippen LogP contribution < -0.4 is 10.2 Å². The van der Waals surface area contributed by atoms with Crippen molar-refractivity contribution in [2.45, 2.75) is 25.9 Å². The van der Waals surface area contributed by atoms with Gasteiger partial charge in [0, 0.05) is 36.1 Å². The van der Waals surface area contributed by atoms with Gasteiger partial charge in [0.1, 0.15) is 6.54 Å². The van der Waals surface area contributed by atoms with Crippen molar-refractivity contribution in [2.24, 2.45) is 0 Å². The van der Waals surface area contributed by atoms with Crippen LogP contribution in [0.15, 0.2) is 78.9 Å². The summed E-state index contributed by atoms with van der Waals surface area (Å²) in [5.41, 5.74) is 3.84. The normalized spacial score (nSPS) is 13.9. The molecule has 4 rings (SSSR count). The van der Waals surface area contributed by atoms with E-state index in [-0.39, 0.29) is 11.7 Å². The third-order valence-electron chi connectivity index (χ3n) is 5.76. The molecule has 1 fully saturated rings. The average Bonchev–Trinajstić information content (AvgIpc) is 3.31. The number of likely N-dealkylation sites (tertiary alicyclic amines) is 1. The molecule has 3 aromatic carbocycles. The van der Waals surface area contributed by atoms with Crippen molar-refractivity contribution in [3.05, 3.63) is 107 Å². The zero-order valence-electron chi connectivity index (χ0n) is 17.1. The summed E-state index contributed by atoms with van der Waals surface area (Å²) >= 11 is 0. The van der Waals surface area contributed by atoms with Gasteiger partial charge in [0.05, 0.1) is 18.7 Å². The number of benzene rings is 3. The molecule has 0 bridgehead atoms. The molecule has 0 radical (unpaired) electrons. The van der Waals surface area contributed by atoms with Crippen molar-refractivity contribution < 1.29 is 14.5 Å². The fourth-order valence-corrected chi connectivity index (χ4v) is 4.12. The second-order valence-corrected chi connectivity index (χ2v) is 7.83. The first kappa shape index (κ1) is 20.0. The van der Waals surface area contributed by atoms with Gasteiger partial charge in [-0.2, -0.15) is 0 Å². The second kappa shape index (κ2) is 9.51. The van der Waals surface area contributed by atoms with Gasteiger partial charge in [-0.1, -0.05) is 72.8 Å². The fourth-order valence-electron chi connectivity index (χ4n) is 4.12. The predicted octanol–water partition coefficient (Wildman–Crippen LogP) is 3.03. The Bertz CT molecular complexity index is 1020. The monoisotopic (exact) mass is 399 g/mol. The molecule has 1 aliphatic heterocycles. The molecular weight excluding hydrogens is 372 g/mol. The summed E-state index contributed by atoms with van der Waals surface area (Å²) in [5.74, 6) is -0.363. The smallest absolute Gasteiger partial charge is 0.252 e. The third-order valence-corrected chi connectivity index (χ3v) is 5.76. The van der Waals surface area contributed by atoms with Crippen LogP contribution in [0.5, 0.6) is 0 Å². The number of carbonyl (C=O) groups is 2. The van der Waals surface area contributed by atoms with E-state index in [1.807, 2.05) is 24.3 Å². The molecule has 2 N–H and O–H groups in total. The standard InChI is InChI=1S/C26H26N2O2/c29-25(20-10-2-1-3-11-20)23-14-6-7-15-24(23)26(30)27-18-21-12-4-5-13-22(21)19-28-16-8-9-17-28/h1-7,10-15H,8-9,16-19H2,(H,27,30)/p+1. The molecule has 0 atom stereocenters. The maximum Gasteiger partial charge on any atom is 0.252 e. The summed E-state index contributed by atoms with van der Waals surface area (Å²) in [5, 5.41) is 3.03. The minimum atomic E-state index is -0.224. The Balaban J connectivity index is 1.49. The lowest BCUT2D eigenvalue weighted by atomic mass is 9.98. The summed E-state index contributed by atoms with van der Waals surface area (Å²) in [6.45, 7) is 3.89. The van der Waals surface area contributed by atoms with E-state index >= 15 is 0 Å². The molecule has 0 unspecified atom stereocenters. The van der Waals surface area contributed by atoms with E-state index in [0.29, 0.717) is 23.2 Å². The molecule has 1 amide bonds. The molecule has 0 spiro atoms. The minimum absolute atomic E-state index is 0.139. The first-order chi connectivity index (χ1) is 14.7. The summed E-state index contributed by atoms with van der Waals surface area (Å²) in [6, 6.07) is 24.4. The molecule has 4 heteroatoms. The van der Waals surface area contributed by atoms with Crippen molar-refractivity contribution in [3.8, 4) is 0 Å². The lowest BCUT2D eigenvalue weighted by Gasteiger charge is -2.16. The van der Waals surface area contributed by atoms with Crippen molar-refractivity contribution in [1.29, 1.82) is 0 Å². The molecule has 1 saturated heterocycles. The average molecular weight is 400 g/mol. The Morgan fingerprint density at radius 2 is 1.33 bits per heavy atom. The van der Waals surface area contributed by atoms with E-state index in [4.69, 9.17) is 0 Å². The van der Waals surface area contributed by atoms with Crippen LogP contribution in [0.1, 0.15) is 50.2 Å². The van der Waals surface area contributed by atoms with Crippen LogP contribution in [0, 0.1) is 0 Å². The molecule has 1 heterocycles. The summed E-state index contributed by atoms with van der Waals surface area (Å²) in [6.07, 6.45) is 2.58. The summed E-state index contributed by atoms with van der Waals surface area (Å²) in [4.78, 5) is 27.5. The maximum atomic E-state index is 13.0. The van der Waals surface area contributed by atoms with Crippen LogP contribution >= 0.6 is 0 Å². The molecule has 0 aromatic heterocycles. The van der Waals surface area contributed by atoms with E-state index in [1.165, 1.54) is 31.5 Å². The number of quaternary nitrogens is 1. The predicted molar refractivity (Wildman–Crippen MR) is 118 cm³/mol. The summed E-state index contributed by atoms with van der Waals surface area (Å²) in [7, 11) is 0. The van der Waals surface area contributed by atoms with E-state index < -0.39 is 0 Å². The number of nitrogens with one attached hydrogen (secondary N) is 2. The van der Waals surface area contributed by atoms with Crippen LogP contribution in [0.2, 0.25) is 0 Å². The molecule has 1 aliphatic rings. The van der Waals surface area contributed by atoms with Crippen LogP contribution in [0.25, 0.3) is 0 Å². The van der Waals surface area contributed by atoms with E-state index in [9.17, 15) is 9.59 Å². The number of hydrogen-bond donors (Lipinski definition) is 2. The quantitative estimate of drug-likeness (QED) is 0.600. The number of hydrogen-bond acceptors (Lipinski definition) is 2. The highest BCUT2D eigenvalue weighted by Crippen LogP contribution is 2.15. The molecular formula is C26H27N2O2+. The molecule has 3 aromatic rings. The lowest BCUT2D eigenvalue weighted by molar-refractivity contribution is -0.901. The maximum absolute atomic E-state index is 13.0. The van der Waals surface area contributed by atoms with Gasteiger partial charge in [0.15, 0.2) is 5.78 Å². The van der Waals surface area contributed by atoms with Gasteiger partial charge in [-0.15, -0.1) is 0 Å². The summed E-state index contributed by atoms with van der Waals surface area (Å²) < 4.78 is 0. The molecule has 0 aliphatic carbocycles. The van der Waals surface area contributed by atoms with Crippen molar-refractivity contribution in [2.75, 3.05) is 13.1 Å². The van der Waals surface area contributed by atoms with Crippen LogP contribution in [-0.2, 0) is 13.1 Å². The Hall–Kier alpha value is -3.24. The number of ketones is 1. The lowest BCUT2D eigenvalue weighted by Crippen LogP contribution is -3.08. The van der Waals surface area contributed by atoms with E-state index in [2.05, 4.69) is 23.5 Å². The highest BCUT2D eigenvalue weighted by molar-refractivity contribution is 6.15. The van der Waals surface area contributed by atoms with Gasteiger partial charge >= 0.3 is 0 Å². The van der Waals surface area contributed by atoms with Crippen LogP contribution in [-0.4, -0.2) is 24.8 Å². The zero-order chi connectivity index (χ0) is 20.8.